The van der Waals surface area contributed by atoms with Crippen LogP contribution < -0.4 is 0 Å². The van der Waals surface area contributed by atoms with Gasteiger partial charge in [0.15, 0.2) is 0 Å². The maximum atomic E-state index is 6.35. The Morgan fingerprint density at radius 1 is 1.31 bits per heavy atom. The first-order valence-electron chi connectivity index (χ1n) is 6.85. The van der Waals surface area contributed by atoms with Crippen LogP contribution in [0.4, 0.5) is 0 Å². The van der Waals surface area contributed by atoms with Crippen molar-refractivity contribution in [2.45, 2.75) is 76.9 Å². The van der Waals surface area contributed by atoms with Crippen LogP contribution in [0.1, 0.15) is 65.2 Å². The molecule has 1 spiro atoms. The van der Waals surface area contributed by atoms with E-state index in [1.807, 2.05) is 0 Å². The Morgan fingerprint density at radius 3 is 2.56 bits per heavy atom. The number of rotatable bonds is 4. The molecule has 1 nitrogen and oxygen atoms in total. The predicted octanol–water partition coefficient (Wildman–Crippen LogP) is 4.52. The van der Waals surface area contributed by atoms with Crippen LogP contribution in [0.5, 0.6) is 0 Å². The highest BCUT2D eigenvalue weighted by molar-refractivity contribution is 6.18. The Labute approximate surface area is 105 Å². The topological polar surface area (TPSA) is 9.23 Å². The van der Waals surface area contributed by atoms with Gasteiger partial charge in [0.25, 0.3) is 0 Å². The third-order valence-electron chi connectivity index (χ3n) is 4.75. The summed E-state index contributed by atoms with van der Waals surface area (Å²) >= 11 is 6.08. The maximum Gasteiger partial charge on any atom is 0.0687 e. The molecule has 1 heterocycles. The van der Waals surface area contributed by atoms with Crippen LogP contribution in [-0.2, 0) is 4.74 Å². The second-order valence-corrected chi connectivity index (χ2v) is 6.44. The van der Waals surface area contributed by atoms with Crippen molar-refractivity contribution >= 4 is 11.6 Å². The predicted molar refractivity (Wildman–Crippen MR) is 69.0 cm³/mol. The minimum atomic E-state index is 0.274. The Balaban J connectivity index is 1.89. The van der Waals surface area contributed by atoms with E-state index in [1.165, 1.54) is 38.5 Å². The molecule has 0 N–H and O–H groups in total. The molecule has 1 saturated heterocycles. The molecule has 0 radical (unpaired) electrons. The number of ether oxygens (including phenoxy) is 1. The van der Waals surface area contributed by atoms with E-state index in [2.05, 4.69) is 13.8 Å². The van der Waals surface area contributed by atoms with Gasteiger partial charge in [0.2, 0.25) is 0 Å². The van der Waals surface area contributed by atoms with E-state index < -0.39 is 0 Å². The number of hydrogen-bond donors (Lipinski definition) is 0. The van der Waals surface area contributed by atoms with Gasteiger partial charge in [-0.1, -0.05) is 26.7 Å². The zero-order valence-corrected chi connectivity index (χ0v) is 11.5. The monoisotopic (exact) mass is 244 g/mol. The largest absolute Gasteiger partial charge is 0.372 e. The van der Waals surface area contributed by atoms with Crippen molar-refractivity contribution in [3.63, 3.8) is 0 Å². The standard InChI is InChI=1S/C14H25ClO/c1-3-13(2,11-15)10-12-6-9-14(16-12)7-4-5-8-14/h12H,3-11H2,1-2H3. The zero-order chi connectivity index (χ0) is 11.6. The number of halogens is 1. The molecule has 0 aromatic carbocycles. The van der Waals surface area contributed by atoms with Crippen molar-refractivity contribution in [1.82, 2.24) is 0 Å². The molecule has 2 fully saturated rings. The molecule has 0 bridgehead atoms. The van der Waals surface area contributed by atoms with E-state index in [1.54, 1.807) is 0 Å². The first-order valence-corrected chi connectivity index (χ1v) is 7.39. The first kappa shape index (κ1) is 12.7. The normalized spacial score (nSPS) is 32.1. The summed E-state index contributed by atoms with van der Waals surface area (Å²) in [5.41, 5.74) is 0.558. The molecule has 94 valence electrons. The Bertz CT molecular complexity index is 229. The maximum absolute atomic E-state index is 6.35. The van der Waals surface area contributed by atoms with Crippen LogP contribution >= 0.6 is 11.6 Å². The van der Waals surface area contributed by atoms with E-state index in [4.69, 9.17) is 16.3 Å². The average molecular weight is 245 g/mol. The molecule has 1 aliphatic heterocycles. The van der Waals surface area contributed by atoms with Crippen molar-refractivity contribution in [1.29, 1.82) is 0 Å². The molecular weight excluding hydrogens is 220 g/mol. The second kappa shape index (κ2) is 4.86. The molecule has 1 aliphatic carbocycles. The molecule has 2 atom stereocenters. The summed E-state index contributed by atoms with van der Waals surface area (Å²) in [4.78, 5) is 0. The van der Waals surface area contributed by atoms with Crippen LogP contribution in [0, 0.1) is 5.41 Å². The van der Waals surface area contributed by atoms with E-state index >= 15 is 0 Å². The third-order valence-corrected chi connectivity index (χ3v) is 5.40. The molecule has 0 aromatic heterocycles. The van der Waals surface area contributed by atoms with Gasteiger partial charge in [0.05, 0.1) is 11.7 Å². The highest BCUT2D eigenvalue weighted by Gasteiger charge is 2.43. The van der Waals surface area contributed by atoms with Gasteiger partial charge in [-0.25, -0.2) is 0 Å². The van der Waals surface area contributed by atoms with E-state index in [0.29, 0.717) is 6.10 Å². The molecule has 2 heteroatoms. The van der Waals surface area contributed by atoms with Crippen molar-refractivity contribution < 1.29 is 4.74 Å². The summed E-state index contributed by atoms with van der Waals surface area (Å²) in [5, 5.41) is 0. The van der Waals surface area contributed by atoms with Crippen LogP contribution in [-0.4, -0.2) is 17.6 Å². The van der Waals surface area contributed by atoms with E-state index in [9.17, 15) is 0 Å². The van der Waals surface area contributed by atoms with Gasteiger partial charge in [-0.05, 0) is 43.9 Å². The lowest BCUT2D eigenvalue weighted by Gasteiger charge is -2.30. The molecule has 1 saturated carbocycles. The molecule has 2 rings (SSSR count). The molecule has 0 aromatic rings. The van der Waals surface area contributed by atoms with E-state index in [0.717, 1.165) is 18.7 Å². The lowest BCUT2D eigenvalue weighted by atomic mass is 9.83. The van der Waals surface area contributed by atoms with Gasteiger partial charge in [-0.3, -0.25) is 0 Å². The lowest BCUT2D eigenvalue weighted by Crippen LogP contribution is -2.29. The Hall–Kier alpha value is 0.250. The van der Waals surface area contributed by atoms with Crippen molar-refractivity contribution in [2.75, 3.05) is 5.88 Å². The van der Waals surface area contributed by atoms with Gasteiger partial charge in [0, 0.05) is 5.88 Å². The molecular formula is C14H25ClO. The minimum Gasteiger partial charge on any atom is -0.372 e. The highest BCUT2D eigenvalue weighted by atomic mass is 35.5. The lowest BCUT2D eigenvalue weighted by molar-refractivity contribution is -0.0503. The van der Waals surface area contributed by atoms with Gasteiger partial charge < -0.3 is 4.74 Å². The summed E-state index contributed by atoms with van der Waals surface area (Å²) in [6.07, 6.45) is 10.7. The summed E-state index contributed by atoms with van der Waals surface area (Å²) < 4.78 is 6.35. The fraction of sp³-hybridized carbons (Fsp3) is 1.00. The van der Waals surface area contributed by atoms with Crippen LogP contribution in [0.2, 0.25) is 0 Å². The third kappa shape index (κ3) is 2.56. The smallest absolute Gasteiger partial charge is 0.0687 e. The molecule has 0 amide bonds. The van der Waals surface area contributed by atoms with E-state index in [-0.39, 0.29) is 11.0 Å². The van der Waals surface area contributed by atoms with Crippen molar-refractivity contribution in [3.05, 3.63) is 0 Å². The Morgan fingerprint density at radius 2 is 2.00 bits per heavy atom. The Kier molecular flexibility index (Phi) is 3.86. The highest BCUT2D eigenvalue weighted by Crippen LogP contribution is 2.46. The summed E-state index contributed by atoms with van der Waals surface area (Å²) in [6.45, 7) is 4.53. The molecule has 2 aliphatic rings. The second-order valence-electron chi connectivity index (χ2n) is 6.17. The van der Waals surface area contributed by atoms with Crippen molar-refractivity contribution in [3.8, 4) is 0 Å². The van der Waals surface area contributed by atoms with Gasteiger partial charge in [0.1, 0.15) is 0 Å². The number of alkyl halides is 1. The molecule has 2 unspecified atom stereocenters. The molecule has 16 heavy (non-hydrogen) atoms. The van der Waals surface area contributed by atoms with Crippen LogP contribution in [0.15, 0.2) is 0 Å². The zero-order valence-electron chi connectivity index (χ0n) is 10.7. The minimum absolute atomic E-state index is 0.274. The fourth-order valence-electron chi connectivity index (χ4n) is 3.27. The van der Waals surface area contributed by atoms with Gasteiger partial charge in [-0.15, -0.1) is 11.6 Å². The summed E-state index contributed by atoms with van der Waals surface area (Å²) in [7, 11) is 0. The SMILES string of the molecule is CCC(C)(CCl)CC1CCC2(CCCC2)O1. The van der Waals surface area contributed by atoms with Crippen LogP contribution in [0.25, 0.3) is 0 Å². The summed E-state index contributed by atoms with van der Waals surface area (Å²) in [6, 6.07) is 0. The van der Waals surface area contributed by atoms with Crippen LogP contribution in [0.3, 0.4) is 0 Å². The quantitative estimate of drug-likeness (QED) is 0.661. The average Bonchev–Trinajstić information content (AvgIpc) is 2.90. The first-order chi connectivity index (χ1) is 7.61. The summed E-state index contributed by atoms with van der Waals surface area (Å²) in [5.74, 6) is 0.760. The fourth-order valence-corrected chi connectivity index (χ4v) is 3.57. The van der Waals surface area contributed by atoms with Gasteiger partial charge >= 0.3 is 0 Å². The number of hydrogen-bond acceptors (Lipinski definition) is 1. The van der Waals surface area contributed by atoms with Crippen molar-refractivity contribution in [2.24, 2.45) is 5.41 Å². The van der Waals surface area contributed by atoms with Gasteiger partial charge in [-0.2, -0.15) is 0 Å².